The number of benzene rings is 2. The van der Waals surface area contributed by atoms with E-state index in [2.05, 4.69) is 5.32 Å². The molecule has 0 atom stereocenters. The van der Waals surface area contributed by atoms with Gasteiger partial charge in [-0.25, -0.2) is 4.79 Å². The van der Waals surface area contributed by atoms with Crippen LogP contribution < -0.4 is 9.67 Å². The molecule has 8 nitrogen and oxygen atoms in total. The molecule has 0 aliphatic rings. The molecular weight excluding hydrogens is 429 g/mol. The smallest absolute Gasteiger partial charge is 0.330 e. The molecule has 1 amide bonds. The van der Waals surface area contributed by atoms with Gasteiger partial charge in [0.05, 0.1) is 6.61 Å². The van der Waals surface area contributed by atoms with Crippen molar-refractivity contribution in [2.75, 3.05) is 11.9 Å². The number of aromatic hydroxyl groups is 1. The van der Waals surface area contributed by atoms with E-state index in [0.717, 1.165) is 11.6 Å². The maximum atomic E-state index is 11.0. The fourth-order valence-corrected chi connectivity index (χ4v) is 3.40. The molecule has 2 rings (SSSR count). The van der Waals surface area contributed by atoms with Crippen LogP contribution in [0.2, 0.25) is 0 Å². The largest absolute Gasteiger partial charge is 0.463 e. The van der Waals surface area contributed by atoms with Crippen LogP contribution in [-0.2, 0) is 18.1 Å². The van der Waals surface area contributed by atoms with Crippen molar-refractivity contribution in [2.45, 2.75) is 13.8 Å². The summed E-state index contributed by atoms with van der Waals surface area (Å²) in [6.45, 7) is 3.43. The number of para-hydroxylation sites is 1. The molecule has 0 aromatic heterocycles. The molecule has 0 heterocycles. The van der Waals surface area contributed by atoms with Crippen molar-refractivity contribution in [3.63, 3.8) is 0 Å². The minimum absolute atomic E-state index is 0.00951. The second-order valence-corrected chi connectivity index (χ2v) is 8.69. The summed E-state index contributed by atoms with van der Waals surface area (Å²) in [5.74, 6) is -1.31. The van der Waals surface area contributed by atoms with Crippen LogP contribution in [0.25, 0.3) is 6.08 Å². The van der Waals surface area contributed by atoms with Crippen molar-refractivity contribution in [3.05, 3.63) is 60.2 Å². The van der Waals surface area contributed by atoms with Crippen molar-refractivity contribution in [1.82, 2.24) is 0 Å². The van der Waals surface area contributed by atoms with Crippen LogP contribution in [0.5, 0.6) is 5.75 Å². The van der Waals surface area contributed by atoms with Crippen molar-refractivity contribution in [2.24, 2.45) is 0 Å². The topological polar surface area (TPSA) is 133 Å². The van der Waals surface area contributed by atoms with E-state index in [-0.39, 0.29) is 11.7 Å². The number of hydrogen-bond acceptors (Lipinski definition) is 5. The van der Waals surface area contributed by atoms with Crippen LogP contribution in [0.15, 0.2) is 54.6 Å². The molecule has 0 aliphatic carbocycles. The Kier molecular flexibility index (Phi) is 9.24. The third-order valence-corrected chi connectivity index (χ3v) is 5.21. The van der Waals surface area contributed by atoms with E-state index >= 15 is 0 Å². The van der Waals surface area contributed by atoms with E-state index in [0.29, 0.717) is 6.61 Å². The summed E-state index contributed by atoms with van der Waals surface area (Å²) in [5.41, 5.74) is 0.986. The van der Waals surface area contributed by atoms with Gasteiger partial charge in [0, 0.05) is 6.08 Å². The number of esters is 1. The third kappa shape index (κ3) is 8.26. The normalized spacial score (nSPS) is 10.7. The number of hydrogen-bond donors (Lipinski definition) is 4. The van der Waals surface area contributed by atoms with Gasteiger partial charge in [0.1, 0.15) is 0 Å². The molecule has 150 valence electrons. The molecule has 0 unspecified atom stereocenters. The summed E-state index contributed by atoms with van der Waals surface area (Å²) in [5, 5.41) is 11.7. The monoisotopic (exact) mass is 451 g/mol. The first kappa shape index (κ1) is 23.2. The molecule has 0 spiro atoms. The maximum absolute atomic E-state index is 11.0. The van der Waals surface area contributed by atoms with Crippen LogP contribution >= 0.6 is 0 Å². The number of amides is 1. The van der Waals surface area contributed by atoms with E-state index in [1.54, 1.807) is 13.0 Å². The van der Waals surface area contributed by atoms with E-state index in [1.165, 1.54) is 25.1 Å². The molecular formula is C19H22AsNO7. The molecule has 2 aromatic carbocycles. The van der Waals surface area contributed by atoms with Gasteiger partial charge in [0.2, 0.25) is 0 Å². The average molecular weight is 451 g/mol. The molecule has 28 heavy (non-hydrogen) atoms. The van der Waals surface area contributed by atoms with Crippen molar-refractivity contribution in [3.8, 4) is 5.75 Å². The minimum atomic E-state index is -5.15. The van der Waals surface area contributed by atoms with Crippen molar-refractivity contribution >= 4 is 42.2 Å². The van der Waals surface area contributed by atoms with Gasteiger partial charge in [-0.15, -0.1) is 0 Å². The van der Waals surface area contributed by atoms with E-state index < -0.39 is 30.2 Å². The van der Waals surface area contributed by atoms with E-state index in [1.807, 2.05) is 30.3 Å². The standard InChI is InChI=1S/C11H12O2.C8H10AsNO5/c1-2-13-11(12)9-8-10-6-4-3-5-7-10;1-5(11)10-7-4-2-3-6(8(7)12)9(13,14)15/h3-9H,2H2,1H3;2-4,12H,1H3,(H,10,11)(H2,13,14,15). The Morgan fingerprint density at radius 3 is 2.29 bits per heavy atom. The summed E-state index contributed by atoms with van der Waals surface area (Å²) in [6, 6.07) is 13.5. The fraction of sp³-hybridized carbons (Fsp3) is 0.158. The molecule has 0 saturated heterocycles. The summed E-state index contributed by atoms with van der Waals surface area (Å²) in [4.78, 5) is 21.6. The summed E-state index contributed by atoms with van der Waals surface area (Å²) in [7, 11) is 0. The van der Waals surface area contributed by atoms with Crippen LogP contribution in [0.4, 0.5) is 5.69 Å². The van der Waals surface area contributed by atoms with E-state index in [9.17, 15) is 18.4 Å². The van der Waals surface area contributed by atoms with Crippen LogP contribution in [0.3, 0.4) is 0 Å². The van der Waals surface area contributed by atoms with Gasteiger partial charge in [-0.1, -0.05) is 30.3 Å². The average Bonchev–Trinajstić information content (AvgIpc) is 2.62. The van der Waals surface area contributed by atoms with Gasteiger partial charge in [-0.05, 0) is 18.6 Å². The second-order valence-electron chi connectivity index (χ2n) is 5.39. The van der Waals surface area contributed by atoms with Gasteiger partial charge in [0.15, 0.2) is 0 Å². The molecule has 0 saturated carbocycles. The SMILES string of the molecule is CC(=O)Nc1cccc([As](=O)(O)O)c1O.CCOC(=O)C=Cc1ccccc1. The van der Waals surface area contributed by atoms with Crippen LogP contribution in [-0.4, -0.2) is 46.0 Å². The van der Waals surface area contributed by atoms with Gasteiger partial charge < -0.3 is 4.74 Å². The Bertz CT molecular complexity index is 875. The number of phenols is 1. The Hall–Kier alpha value is -2.80. The van der Waals surface area contributed by atoms with Gasteiger partial charge in [0.25, 0.3) is 0 Å². The Labute approximate surface area is 165 Å². The molecule has 2 aromatic rings. The number of rotatable bonds is 5. The number of carbonyl (C=O) groups is 2. The van der Waals surface area contributed by atoms with Crippen LogP contribution in [0.1, 0.15) is 19.4 Å². The minimum Gasteiger partial charge on any atom is -0.463 e. The third-order valence-electron chi connectivity index (χ3n) is 3.14. The molecule has 0 aliphatic heterocycles. The summed E-state index contributed by atoms with van der Waals surface area (Å²) >= 11 is -5.15. The van der Waals surface area contributed by atoms with Crippen molar-refractivity contribution < 1.29 is 31.4 Å². The number of phenolic OH excluding ortho intramolecular Hbond substituents is 1. The summed E-state index contributed by atoms with van der Waals surface area (Å²) in [6.07, 6.45) is 3.16. The fourth-order valence-electron chi connectivity index (χ4n) is 1.98. The first-order chi connectivity index (χ1) is 13.1. The molecule has 0 fully saturated rings. The Morgan fingerprint density at radius 1 is 1.11 bits per heavy atom. The first-order valence-corrected chi connectivity index (χ1v) is 11.6. The van der Waals surface area contributed by atoms with E-state index in [4.69, 9.17) is 12.9 Å². The number of ether oxygens (including phenoxy) is 1. The zero-order chi connectivity index (χ0) is 21.2. The molecule has 0 radical (unpaired) electrons. The maximum Gasteiger partial charge on any atom is 0.330 e. The predicted octanol–water partition coefficient (Wildman–Crippen LogP) is 1.17. The second kappa shape index (κ2) is 11.1. The van der Waals surface area contributed by atoms with Crippen LogP contribution in [0, 0.1) is 0 Å². The van der Waals surface area contributed by atoms with Gasteiger partial charge in [-0.3, -0.25) is 0 Å². The predicted molar refractivity (Wildman–Crippen MR) is 105 cm³/mol. The first-order valence-electron chi connectivity index (χ1n) is 8.20. The number of carbonyl (C=O) groups excluding carboxylic acids is 2. The Balaban J connectivity index is 0.000000283. The quantitative estimate of drug-likeness (QED) is 0.232. The summed E-state index contributed by atoms with van der Waals surface area (Å²) < 4.78 is 33.1. The van der Waals surface area contributed by atoms with Gasteiger partial charge >= 0.3 is 94.1 Å². The van der Waals surface area contributed by atoms with Gasteiger partial charge in [-0.2, -0.15) is 0 Å². The zero-order valence-electron chi connectivity index (χ0n) is 15.4. The number of nitrogens with one attached hydrogen (secondary N) is 1. The zero-order valence-corrected chi connectivity index (χ0v) is 17.3. The molecule has 4 N–H and O–H groups in total. The molecule has 0 bridgehead atoms. The molecule has 9 heteroatoms. The van der Waals surface area contributed by atoms with Crippen molar-refractivity contribution in [1.29, 1.82) is 0 Å². The number of anilines is 1. The Morgan fingerprint density at radius 2 is 1.75 bits per heavy atom.